The number of carbonyl (C=O) groups is 1. The van der Waals surface area contributed by atoms with E-state index in [1.807, 2.05) is 6.07 Å². The number of aromatic nitrogens is 1. The van der Waals surface area contributed by atoms with Gasteiger partial charge < -0.3 is 9.88 Å². The Bertz CT molecular complexity index is 1040. The Morgan fingerprint density at radius 1 is 1.00 bits per heavy atom. The fourth-order valence-electron chi connectivity index (χ4n) is 5.82. The third-order valence-electron chi connectivity index (χ3n) is 7.23. The van der Waals surface area contributed by atoms with Crippen LogP contribution in [0.2, 0.25) is 0 Å². The molecule has 1 aromatic heterocycles. The van der Waals surface area contributed by atoms with E-state index in [1.54, 1.807) is 0 Å². The zero-order valence-corrected chi connectivity index (χ0v) is 18.0. The molecule has 0 radical (unpaired) electrons. The average Bonchev–Trinajstić information content (AvgIpc) is 3.23. The number of nitrogens with one attached hydrogen (secondary N) is 1. The van der Waals surface area contributed by atoms with Gasteiger partial charge in [-0.2, -0.15) is 0 Å². The van der Waals surface area contributed by atoms with E-state index in [-0.39, 0.29) is 5.78 Å². The zero-order chi connectivity index (χ0) is 20.7. The zero-order valence-electron chi connectivity index (χ0n) is 18.0. The summed E-state index contributed by atoms with van der Waals surface area (Å²) < 4.78 is 2.31. The number of ketones is 1. The highest BCUT2D eigenvalue weighted by Crippen LogP contribution is 2.38. The molecule has 3 aromatic rings. The molecule has 5 rings (SSSR count). The fraction of sp³-hybridized carbons (Fsp3) is 0.423. The molecule has 0 spiro atoms. The molecule has 2 aliphatic heterocycles. The summed E-state index contributed by atoms with van der Waals surface area (Å²) in [6.45, 7) is 3.54. The van der Waals surface area contributed by atoms with Gasteiger partial charge in [-0.1, -0.05) is 48.5 Å². The number of nitrogens with zero attached hydrogens (tertiary/aromatic N) is 2. The lowest BCUT2D eigenvalue weighted by atomic mass is 9.95. The maximum absolute atomic E-state index is 13.8. The van der Waals surface area contributed by atoms with Gasteiger partial charge in [-0.3, -0.25) is 9.69 Å². The van der Waals surface area contributed by atoms with Gasteiger partial charge in [0.15, 0.2) is 5.78 Å². The normalized spacial score (nSPS) is 23.9. The van der Waals surface area contributed by atoms with Gasteiger partial charge in [0.1, 0.15) is 0 Å². The van der Waals surface area contributed by atoms with Crippen molar-refractivity contribution in [3.63, 3.8) is 0 Å². The first-order valence-corrected chi connectivity index (χ1v) is 11.3. The third-order valence-corrected chi connectivity index (χ3v) is 7.23. The van der Waals surface area contributed by atoms with Crippen LogP contribution in [0.3, 0.4) is 0 Å². The van der Waals surface area contributed by atoms with Crippen molar-refractivity contribution >= 4 is 16.7 Å². The van der Waals surface area contributed by atoms with Crippen molar-refractivity contribution in [1.82, 2.24) is 14.8 Å². The number of para-hydroxylation sites is 1. The molecule has 1 N–H and O–H groups in total. The molecule has 2 atom stereocenters. The van der Waals surface area contributed by atoms with E-state index in [2.05, 4.69) is 77.3 Å². The number of rotatable bonds is 6. The number of carbonyl (C=O) groups excluding carboxylic acids is 1. The minimum Gasteiger partial charge on any atom is -0.340 e. The summed E-state index contributed by atoms with van der Waals surface area (Å²) in [5.74, 6) is 0.261. The van der Waals surface area contributed by atoms with Crippen LogP contribution in [-0.2, 0) is 6.54 Å². The van der Waals surface area contributed by atoms with Gasteiger partial charge in [-0.05, 0) is 51.3 Å². The molecular weight excluding hydrogens is 370 g/mol. The number of hydrogen-bond acceptors (Lipinski definition) is 3. The van der Waals surface area contributed by atoms with Crippen molar-refractivity contribution in [3.8, 4) is 11.3 Å². The Morgan fingerprint density at radius 2 is 1.67 bits per heavy atom. The van der Waals surface area contributed by atoms with Gasteiger partial charge in [-0.25, -0.2) is 0 Å². The van der Waals surface area contributed by atoms with E-state index in [9.17, 15) is 4.79 Å². The topological polar surface area (TPSA) is 37.3 Å². The van der Waals surface area contributed by atoms with Crippen LogP contribution >= 0.6 is 0 Å². The molecule has 2 unspecified atom stereocenters. The molecule has 0 aliphatic carbocycles. The molecule has 4 nitrogen and oxygen atoms in total. The van der Waals surface area contributed by atoms with Crippen LogP contribution in [0.15, 0.2) is 54.6 Å². The highest BCUT2D eigenvalue weighted by molar-refractivity contribution is 6.14. The van der Waals surface area contributed by atoms with Crippen LogP contribution in [0.25, 0.3) is 22.2 Å². The van der Waals surface area contributed by atoms with Crippen LogP contribution < -0.4 is 5.32 Å². The Morgan fingerprint density at radius 3 is 2.33 bits per heavy atom. The Balaban J connectivity index is 1.56. The summed E-state index contributed by atoms with van der Waals surface area (Å²) in [4.78, 5) is 16.4. The largest absolute Gasteiger partial charge is 0.340 e. The van der Waals surface area contributed by atoms with Crippen molar-refractivity contribution in [2.75, 3.05) is 13.6 Å². The monoisotopic (exact) mass is 401 g/mol. The smallest absolute Gasteiger partial charge is 0.179 e. The molecule has 0 saturated carbocycles. The summed E-state index contributed by atoms with van der Waals surface area (Å²) in [6, 6.07) is 20.4. The van der Waals surface area contributed by atoms with Crippen LogP contribution in [0.1, 0.15) is 43.0 Å². The van der Waals surface area contributed by atoms with E-state index < -0.39 is 0 Å². The third kappa shape index (κ3) is 3.19. The molecular formula is C26H31N3O. The molecule has 30 heavy (non-hydrogen) atoms. The molecule has 0 amide bonds. The fourth-order valence-corrected chi connectivity index (χ4v) is 5.82. The van der Waals surface area contributed by atoms with Crippen LogP contribution in [0.5, 0.6) is 0 Å². The van der Waals surface area contributed by atoms with Crippen molar-refractivity contribution < 1.29 is 4.79 Å². The molecule has 156 valence electrons. The summed E-state index contributed by atoms with van der Waals surface area (Å²) in [7, 11) is 2.07. The first kappa shape index (κ1) is 19.5. The number of Topliss-reactive ketones (excluding diaryl/α,β-unsaturated/α-hetero) is 1. The van der Waals surface area contributed by atoms with Gasteiger partial charge in [0.2, 0.25) is 0 Å². The quantitative estimate of drug-likeness (QED) is 0.607. The minimum absolute atomic E-state index is 0.261. The van der Waals surface area contributed by atoms with E-state index in [1.165, 1.54) is 12.8 Å². The van der Waals surface area contributed by atoms with Crippen LogP contribution in [0.4, 0.5) is 0 Å². The van der Waals surface area contributed by atoms with Gasteiger partial charge in [0, 0.05) is 35.6 Å². The van der Waals surface area contributed by atoms with Gasteiger partial charge >= 0.3 is 0 Å². The SMILES string of the molecule is CCn1c(-c2ccccc2)c(C(=O)CN2C3CCC2CC(NC)C3)c2ccccc21. The van der Waals surface area contributed by atoms with Gasteiger partial charge in [0.25, 0.3) is 0 Å². The summed E-state index contributed by atoms with van der Waals surface area (Å²) >= 11 is 0. The lowest BCUT2D eigenvalue weighted by Crippen LogP contribution is -2.49. The molecule has 4 heteroatoms. The Hall–Kier alpha value is -2.43. The lowest BCUT2D eigenvalue weighted by Gasteiger charge is -2.38. The van der Waals surface area contributed by atoms with Crippen molar-refractivity contribution in [2.45, 2.75) is 57.3 Å². The van der Waals surface area contributed by atoms with Crippen molar-refractivity contribution in [1.29, 1.82) is 0 Å². The van der Waals surface area contributed by atoms with Gasteiger partial charge in [0.05, 0.1) is 17.8 Å². The lowest BCUT2D eigenvalue weighted by molar-refractivity contribution is 0.0790. The van der Waals surface area contributed by atoms with E-state index in [0.717, 1.165) is 47.1 Å². The maximum atomic E-state index is 13.8. The van der Waals surface area contributed by atoms with E-state index in [0.29, 0.717) is 24.7 Å². The minimum atomic E-state index is 0.261. The highest BCUT2D eigenvalue weighted by Gasteiger charge is 2.41. The predicted molar refractivity (Wildman–Crippen MR) is 123 cm³/mol. The number of fused-ring (bicyclic) bond motifs is 3. The van der Waals surface area contributed by atoms with E-state index >= 15 is 0 Å². The molecule has 2 fully saturated rings. The number of piperidine rings is 1. The first-order valence-electron chi connectivity index (χ1n) is 11.3. The number of hydrogen-bond donors (Lipinski definition) is 1. The second kappa shape index (κ2) is 8.01. The summed E-state index contributed by atoms with van der Waals surface area (Å²) in [5.41, 5.74) is 4.24. The molecule has 2 bridgehead atoms. The maximum Gasteiger partial charge on any atom is 0.179 e. The average molecular weight is 402 g/mol. The van der Waals surface area contributed by atoms with Gasteiger partial charge in [-0.15, -0.1) is 0 Å². The summed E-state index contributed by atoms with van der Waals surface area (Å²) in [5, 5.41) is 4.55. The highest BCUT2D eigenvalue weighted by atomic mass is 16.1. The summed E-state index contributed by atoms with van der Waals surface area (Å²) in [6.07, 6.45) is 4.75. The van der Waals surface area contributed by atoms with Crippen molar-refractivity contribution in [2.24, 2.45) is 0 Å². The second-order valence-corrected chi connectivity index (χ2v) is 8.79. The number of aryl methyl sites for hydroxylation is 1. The molecule has 3 heterocycles. The first-order chi connectivity index (χ1) is 14.7. The Kier molecular flexibility index (Phi) is 5.21. The molecule has 2 saturated heterocycles. The predicted octanol–water partition coefficient (Wildman–Crippen LogP) is 4.73. The van der Waals surface area contributed by atoms with Crippen LogP contribution in [-0.4, -0.2) is 47.0 Å². The molecule has 2 aliphatic rings. The van der Waals surface area contributed by atoms with E-state index in [4.69, 9.17) is 0 Å². The molecule has 2 aromatic carbocycles. The van der Waals surface area contributed by atoms with Crippen LogP contribution in [0, 0.1) is 0 Å². The van der Waals surface area contributed by atoms with Crippen molar-refractivity contribution in [3.05, 3.63) is 60.2 Å². The Labute approximate surface area is 178 Å². The standard InChI is InChI=1S/C26H31N3O/c1-3-28-23-12-8-7-11-22(23)25(26(28)18-9-5-4-6-10-18)24(30)17-29-20-13-14-21(29)16-19(15-20)27-2/h4-12,19-21,27H,3,13-17H2,1-2H3. The number of benzene rings is 2. The second-order valence-electron chi connectivity index (χ2n) is 8.79.